The zero-order chi connectivity index (χ0) is 28.5. The van der Waals surface area contributed by atoms with Crippen molar-refractivity contribution in [3.63, 3.8) is 0 Å². The molecule has 10 heteroatoms. The highest BCUT2D eigenvalue weighted by molar-refractivity contribution is 6.05. The maximum Gasteiger partial charge on any atom is 0.284 e. The number of nitrogen functional groups attached to an aromatic ring is 1. The number of hydrogen-bond acceptors (Lipinski definition) is 6. The van der Waals surface area contributed by atoms with Crippen LogP contribution in [0.3, 0.4) is 0 Å². The third kappa shape index (κ3) is 4.78. The average molecular weight is 543 g/mol. The lowest BCUT2D eigenvalue weighted by Crippen LogP contribution is -2.25. The number of nitrogens with two attached hydrogens (primary N) is 1. The van der Waals surface area contributed by atoms with Gasteiger partial charge in [-0.3, -0.25) is 14.3 Å². The van der Waals surface area contributed by atoms with Crippen LogP contribution in [0.1, 0.15) is 16.1 Å². The summed E-state index contributed by atoms with van der Waals surface area (Å²) in [4.78, 5) is 35.6. The summed E-state index contributed by atoms with van der Waals surface area (Å²) in [5, 5.41) is 7.13. The summed E-state index contributed by atoms with van der Waals surface area (Å²) < 4.78 is 4.93. The molecule has 202 valence electrons. The maximum absolute atomic E-state index is 13.2. The number of anilines is 2. The molecule has 3 heterocycles. The Morgan fingerprint density at radius 2 is 1.66 bits per heavy atom. The standard InChI is InChI=1S/C31H26N8O2/c1-20-27(31(41)39(37(20)2)24-9-4-3-5-10-24)30(40)35-23-14-12-21(13-15-23)28-29(32)33-19-26(36-28)22-8-6-11-25(18-22)38-17-7-16-34-38/h3-19H,1-2H3,(H2,32,33)(H,35,40). The fraction of sp³-hybridized carbons (Fsp3) is 0.0645. The first-order valence-corrected chi connectivity index (χ1v) is 12.9. The third-order valence-corrected chi connectivity index (χ3v) is 6.91. The zero-order valence-corrected chi connectivity index (χ0v) is 22.4. The van der Waals surface area contributed by atoms with E-state index < -0.39 is 5.91 Å². The van der Waals surface area contributed by atoms with Gasteiger partial charge in [-0.2, -0.15) is 5.10 Å². The Hall–Kier alpha value is -5.77. The molecule has 6 rings (SSSR count). The molecular formula is C31H26N8O2. The van der Waals surface area contributed by atoms with Crippen LogP contribution in [0.25, 0.3) is 33.9 Å². The number of aromatic nitrogens is 6. The number of para-hydroxylation sites is 1. The first-order valence-electron chi connectivity index (χ1n) is 12.9. The van der Waals surface area contributed by atoms with Crippen molar-refractivity contribution < 1.29 is 4.79 Å². The Labute approximate surface area is 235 Å². The van der Waals surface area contributed by atoms with Crippen molar-refractivity contribution in [3.05, 3.63) is 125 Å². The lowest BCUT2D eigenvalue weighted by molar-refractivity contribution is 0.102. The Morgan fingerprint density at radius 1 is 0.902 bits per heavy atom. The summed E-state index contributed by atoms with van der Waals surface area (Å²) in [6, 6.07) is 26.0. The molecule has 0 atom stereocenters. The molecule has 0 saturated heterocycles. The van der Waals surface area contributed by atoms with Crippen molar-refractivity contribution >= 4 is 17.4 Å². The molecule has 0 aliphatic rings. The van der Waals surface area contributed by atoms with Gasteiger partial charge in [-0.05, 0) is 49.4 Å². The number of rotatable bonds is 6. The van der Waals surface area contributed by atoms with E-state index in [9.17, 15) is 9.59 Å². The van der Waals surface area contributed by atoms with Crippen LogP contribution >= 0.6 is 0 Å². The van der Waals surface area contributed by atoms with Crippen molar-refractivity contribution in [1.29, 1.82) is 0 Å². The van der Waals surface area contributed by atoms with Gasteiger partial charge in [0.1, 0.15) is 17.1 Å². The highest BCUT2D eigenvalue weighted by Crippen LogP contribution is 2.28. The van der Waals surface area contributed by atoms with Gasteiger partial charge in [-0.25, -0.2) is 19.3 Å². The van der Waals surface area contributed by atoms with Gasteiger partial charge in [0.15, 0.2) is 0 Å². The second kappa shape index (κ2) is 10.4. The second-order valence-electron chi connectivity index (χ2n) is 9.46. The molecule has 1 amide bonds. The Bertz CT molecular complexity index is 1920. The molecule has 3 N–H and O–H groups in total. The quantitative estimate of drug-likeness (QED) is 0.316. The summed E-state index contributed by atoms with van der Waals surface area (Å²) in [6.07, 6.45) is 5.24. The van der Waals surface area contributed by atoms with Crippen molar-refractivity contribution in [3.8, 4) is 33.9 Å². The zero-order valence-electron chi connectivity index (χ0n) is 22.4. The monoisotopic (exact) mass is 542 g/mol. The molecule has 41 heavy (non-hydrogen) atoms. The molecule has 0 unspecified atom stereocenters. The number of benzene rings is 3. The average Bonchev–Trinajstić information content (AvgIpc) is 3.61. The van der Waals surface area contributed by atoms with Gasteiger partial charge in [0, 0.05) is 36.3 Å². The molecule has 10 nitrogen and oxygen atoms in total. The Morgan fingerprint density at radius 3 is 2.39 bits per heavy atom. The summed E-state index contributed by atoms with van der Waals surface area (Å²) in [5.41, 5.74) is 11.4. The number of hydrogen-bond donors (Lipinski definition) is 2. The fourth-order valence-corrected chi connectivity index (χ4v) is 4.71. The molecule has 0 aliphatic heterocycles. The summed E-state index contributed by atoms with van der Waals surface area (Å²) in [7, 11) is 1.75. The van der Waals surface area contributed by atoms with Crippen LogP contribution in [0.4, 0.5) is 11.5 Å². The fourth-order valence-electron chi connectivity index (χ4n) is 4.71. The van der Waals surface area contributed by atoms with E-state index in [0.29, 0.717) is 28.5 Å². The van der Waals surface area contributed by atoms with Crippen LogP contribution in [0, 0.1) is 6.92 Å². The lowest BCUT2D eigenvalue weighted by atomic mass is 10.1. The minimum absolute atomic E-state index is 0.0839. The number of carbonyl (C=O) groups is 1. The van der Waals surface area contributed by atoms with Gasteiger partial charge >= 0.3 is 0 Å². The van der Waals surface area contributed by atoms with Crippen LogP contribution in [0.5, 0.6) is 0 Å². The van der Waals surface area contributed by atoms with Crippen molar-refractivity contribution in [2.45, 2.75) is 6.92 Å². The minimum atomic E-state index is -0.483. The van der Waals surface area contributed by atoms with E-state index in [2.05, 4.69) is 15.4 Å². The van der Waals surface area contributed by atoms with Gasteiger partial charge in [0.2, 0.25) is 0 Å². The van der Waals surface area contributed by atoms with E-state index in [1.165, 1.54) is 4.68 Å². The number of amides is 1. The summed E-state index contributed by atoms with van der Waals surface area (Å²) in [6.45, 7) is 1.75. The van der Waals surface area contributed by atoms with Gasteiger partial charge in [0.05, 0.1) is 29.0 Å². The smallest absolute Gasteiger partial charge is 0.284 e. The molecule has 0 aliphatic carbocycles. The van der Waals surface area contributed by atoms with Crippen LogP contribution < -0.4 is 16.6 Å². The maximum atomic E-state index is 13.2. The second-order valence-corrected chi connectivity index (χ2v) is 9.46. The van der Waals surface area contributed by atoms with E-state index >= 15 is 0 Å². The van der Waals surface area contributed by atoms with Crippen molar-refractivity contribution in [2.75, 3.05) is 11.1 Å². The number of nitrogens with zero attached hydrogens (tertiary/aromatic N) is 6. The van der Waals surface area contributed by atoms with E-state index in [1.54, 1.807) is 60.0 Å². The van der Waals surface area contributed by atoms with Crippen LogP contribution in [0.15, 0.2) is 108 Å². The van der Waals surface area contributed by atoms with E-state index in [0.717, 1.165) is 16.8 Å². The van der Waals surface area contributed by atoms with E-state index in [-0.39, 0.29) is 16.9 Å². The molecule has 3 aromatic heterocycles. The number of nitrogens with one attached hydrogen (secondary N) is 1. The molecule has 6 aromatic rings. The van der Waals surface area contributed by atoms with Crippen molar-refractivity contribution in [2.24, 2.45) is 7.05 Å². The van der Waals surface area contributed by atoms with Gasteiger partial charge in [0.25, 0.3) is 11.5 Å². The minimum Gasteiger partial charge on any atom is -0.382 e. The first kappa shape index (κ1) is 25.5. The summed E-state index contributed by atoms with van der Waals surface area (Å²) in [5.74, 6) is -0.195. The summed E-state index contributed by atoms with van der Waals surface area (Å²) >= 11 is 0. The molecule has 0 bridgehead atoms. The van der Waals surface area contributed by atoms with Gasteiger partial charge < -0.3 is 11.1 Å². The Balaban J connectivity index is 1.25. The van der Waals surface area contributed by atoms with E-state index in [1.807, 2.05) is 66.9 Å². The highest BCUT2D eigenvalue weighted by atomic mass is 16.2. The molecule has 0 radical (unpaired) electrons. The lowest BCUT2D eigenvalue weighted by Gasteiger charge is -2.10. The number of carbonyl (C=O) groups excluding carboxylic acids is 1. The van der Waals surface area contributed by atoms with E-state index in [4.69, 9.17) is 10.7 Å². The molecule has 0 saturated carbocycles. The third-order valence-electron chi connectivity index (χ3n) is 6.91. The van der Waals surface area contributed by atoms with Gasteiger partial charge in [-0.1, -0.05) is 42.5 Å². The van der Waals surface area contributed by atoms with Crippen molar-refractivity contribution in [1.82, 2.24) is 29.1 Å². The SMILES string of the molecule is Cc1c(C(=O)Nc2ccc(-c3nc(-c4cccc(-n5cccn5)c4)cnc3N)cc2)c(=O)n(-c2ccccc2)n1C. The Kier molecular flexibility index (Phi) is 6.48. The van der Waals surface area contributed by atoms with Crippen LogP contribution in [0.2, 0.25) is 0 Å². The molecular weight excluding hydrogens is 516 g/mol. The largest absolute Gasteiger partial charge is 0.382 e. The van der Waals surface area contributed by atoms with Crippen LogP contribution in [-0.4, -0.2) is 35.0 Å². The molecule has 3 aromatic carbocycles. The van der Waals surface area contributed by atoms with Gasteiger partial charge in [-0.15, -0.1) is 0 Å². The van der Waals surface area contributed by atoms with Crippen LogP contribution in [-0.2, 0) is 7.05 Å². The predicted octanol–water partition coefficient (Wildman–Crippen LogP) is 4.63. The molecule has 0 fully saturated rings. The normalized spacial score (nSPS) is 11.0. The first-order chi connectivity index (χ1) is 19.9. The molecule has 0 spiro atoms. The predicted molar refractivity (Wildman–Crippen MR) is 158 cm³/mol. The topological polar surface area (TPSA) is 126 Å². The highest BCUT2D eigenvalue weighted by Gasteiger charge is 2.22.